The third kappa shape index (κ3) is 9.22. The van der Waals surface area contributed by atoms with E-state index in [2.05, 4.69) is 0 Å². The van der Waals surface area contributed by atoms with Crippen LogP contribution in [0.3, 0.4) is 0 Å². The molecule has 4 nitrogen and oxygen atoms in total. The number of allylic oxidation sites excluding steroid dienone is 1. The van der Waals surface area contributed by atoms with Crippen molar-refractivity contribution in [3.8, 4) is 0 Å². The van der Waals surface area contributed by atoms with Gasteiger partial charge in [-0.1, -0.05) is 6.08 Å². The molecule has 0 aromatic carbocycles. The number of rotatable bonds is 8. The molecular weight excluding hydrogens is 184 g/mol. The van der Waals surface area contributed by atoms with Crippen molar-refractivity contribution in [3.63, 3.8) is 0 Å². The lowest BCUT2D eigenvalue weighted by Gasteiger charge is -2.04. The van der Waals surface area contributed by atoms with Gasteiger partial charge in [0, 0.05) is 12.7 Å². The second-order valence-corrected chi connectivity index (χ2v) is 2.48. The first-order valence-electron chi connectivity index (χ1n) is 4.76. The van der Waals surface area contributed by atoms with E-state index in [-0.39, 0.29) is 12.6 Å². The zero-order valence-corrected chi connectivity index (χ0v) is 8.82. The number of hydrogen-bond acceptors (Lipinski definition) is 4. The van der Waals surface area contributed by atoms with Crippen LogP contribution >= 0.6 is 0 Å². The number of ether oxygens (including phenoxy) is 3. The van der Waals surface area contributed by atoms with E-state index in [9.17, 15) is 4.79 Å². The van der Waals surface area contributed by atoms with Crippen molar-refractivity contribution in [1.82, 2.24) is 0 Å². The summed E-state index contributed by atoms with van der Waals surface area (Å²) >= 11 is 0. The Hall–Kier alpha value is -0.870. The molecule has 0 saturated carbocycles. The molecule has 0 bridgehead atoms. The van der Waals surface area contributed by atoms with Crippen LogP contribution in [0.4, 0.5) is 0 Å². The summed E-state index contributed by atoms with van der Waals surface area (Å²) in [7, 11) is 0. The third-order valence-corrected chi connectivity index (χ3v) is 1.35. The van der Waals surface area contributed by atoms with Gasteiger partial charge in [0.1, 0.15) is 6.61 Å². The summed E-state index contributed by atoms with van der Waals surface area (Å²) < 4.78 is 15.0. The molecule has 0 aliphatic heterocycles. The topological polar surface area (TPSA) is 44.8 Å². The van der Waals surface area contributed by atoms with Crippen LogP contribution in [0.1, 0.15) is 13.8 Å². The van der Waals surface area contributed by atoms with Crippen molar-refractivity contribution in [2.45, 2.75) is 13.8 Å². The van der Waals surface area contributed by atoms with Crippen LogP contribution in [0, 0.1) is 0 Å². The van der Waals surface area contributed by atoms with E-state index >= 15 is 0 Å². The van der Waals surface area contributed by atoms with Gasteiger partial charge in [0.25, 0.3) is 0 Å². The zero-order valence-electron chi connectivity index (χ0n) is 8.82. The van der Waals surface area contributed by atoms with Crippen LogP contribution in [0.25, 0.3) is 0 Å². The van der Waals surface area contributed by atoms with Crippen LogP contribution in [0.15, 0.2) is 12.2 Å². The van der Waals surface area contributed by atoms with Crippen LogP contribution in [0.5, 0.6) is 0 Å². The highest BCUT2D eigenvalue weighted by molar-refractivity contribution is 5.81. The molecule has 0 unspecified atom stereocenters. The summed E-state index contributed by atoms with van der Waals surface area (Å²) in [4.78, 5) is 10.8. The molecule has 0 fully saturated rings. The smallest absolute Gasteiger partial charge is 0.330 e. The fraction of sp³-hybridized carbons (Fsp3) is 0.700. The van der Waals surface area contributed by atoms with E-state index in [1.54, 1.807) is 13.0 Å². The third-order valence-electron chi connectivity index (χ3n) is 1.35. The van der Waals surface area contributed by atoms with Crippen molar-refractivity contribution >= 4 is 5.97 Å². The van der Waals surface area contributed by atoms with Crippen LogP contribution in [-0.4, -0.2) is 39.0 Å². The van der Waals surface area contributed by atoms with Crippen LogP contribution in [0.2, 0.25) is 0 Å². The molecule has 0 heterocycles. The monoisotopic (exact) mass is 202 g/mol. The van der Waals surface area contributed by atoms with Crippen molar-refractivity contribution in [2.75, 3.05) is 33.0 Å². The van der Waals surface area contributed by atoms with Gasteiger partial charge in [-0.25, -0.2) is 4.79 Å². The fourth-order valence-electron chi connectivity index (χ4n) is 0.750. The lowest BCUT2D eigenvalue weighted by Crippen LogP contribution is -2.11. The van der Waals surface area contributed by atoms with Gasteiger partial charge in [-0.2, -0.15) is 0 Å². The Morgan fingerprint density at radius 3 is 2.43 bits per heavy atom. The average molecular weight is 202 g/mol. The minimum absolute atomic E-state index is 0.287. The molecule has 0 amide bonds. The van der Waals surface area contributed by atoms with Gasteiger partial charge in [-0.3, -0.25) is 0 Å². The van der Waals surface area contributed by atoms with E-state index in [1.165, 1.54) is 6.08 Å². The Balaban J connectivity index is 3.09. The first kappa shape index (κ1) is 13.1. The molecule has 0 spiro atoms. The lowest BCUT2D eigenvalue weighted by molar-refractivity contribution is -0.139. The SMILES string of the molecule is C/C=C/C(=O)OCCOCCOCC. The quantitative estimate of drug-likeness (QED) is 0.336. The minimum Gasteiger partial charge on any atom is -0.460 e. The van der Waals surface area contributed by atoms with Crippen molar-refractivity contribution in [1.29, 1.82) is 0 Å². The predicted octanol–water partition coefficient (Wildman–Crippen LogP) is 1.16. The van der Waals surface area contributed by atoms with Crippen molar-refractivity contribution in [3.05, 3.63) is 12.2 Å². The van der Waals surface area contributed by atoms with Gasteiger partial charge < -0.3 is 14.2 Å². The van der Waals surface area contributed by atoms with Gasteiger partial charge in [0.05, 0.1) is 19.8 Å². The predicted molar refractivity (Wildman–Crippen MR) is 53.1 cm³/mol. The number of carbonyl (C=O) groups excluding carboxylic acids is 1. The lowest BCUT2D eigenvalue weighted by atomic mass is 10.5. The highest BCUT2D eigenvalue weighted by atomic mass is 16.6. The molecule has 4 heteroatoms. The fourth-order valence-corrected chi connectivity index (χ4v) is 0.750. The van der Waals surface area contributed by atoms with Gasteiger partial charge in [-0.15, -0.1) is 0 Å². The van der Waals surface area contributed by atoms with Crippen molar-refractivity contribution < 1.29 is 19.0 Å². The second kappa shape index (κ2) is 10.2. The first-order valence-corrected chi connectivity index (χ1v) is 4.76. The molecule has 0 atom stereocenters. The Bertz CT molecular complexity index is 166. The molecule has 0 aliphatic rings. The van der Waals surface area contributed by atoms with Crippen molar-refractivity contribution in [2.24, 2.45) is 0 Å². The standard InChI is InChI=1S/C10H18O4/c1-3-5-10(11)14-9-8-13-7-6-12-4-2/h3,5H,4,6-9H2,1-2H3/b5-3+. The Morgan fingerprint density at radius 2 is 1.79 bits per heavy atom. The number of hydrogen-bond donors (Lipinski definition) is 0. The summed E-state index contributed by atoms with van der Waals surface area (Å²) in [5.41, 5.74) is 0. The Labute approximate surface area is 84.8 Å². The molecular formula is C10H18O4. The summed E-state index contributed by atoms with van der Waals surface area (Å²) in [6.45, 7) is 6.21. The molecule has 0 aromatic rings. The van der Waals surface area contributed by atoms with E-state index in [0.29, 0.717) is 26.4 Å². The summed E-state index contributed by atoms with van der Waals surface area (Å²) in [6.07, 6.45) is 3.01. The molecule has 0 aromatic heterocycles. The minimum atomic E-state index is -0.332. The maximum absolute atomic E-state index is 10.8. The van der Waals surface area contributed by atoms with E-state index < -0.39 is 0 Å². The number of esters is 1. The van der Waals surface area contributed by atoms with Crippen LogP contribution in [-0.2, 0) is 19.0 Å². The largest absolute Gasteiger partial charge is 0.460 e. The molecule has 82 valence electrons. The molecule has 0 saturated heterocycles. The number of carbonyl (C=O) groups is 1. The van der Waals surface area contributed by atoms with Gasteiger partial charge in [-0.05, 0) is 13.8 Å². The first-order chi connectivity index (χ1) is 6.81. The molecule has 14 heavy (non-hydrogen) atoms. The molecule has 0 N–H and O–H groups in total. The molecule has 0 radical (unpaired) electrons. The molecule has 0 rings (SSSR count). The summed E-state index contributed by atoms with van der Waals surface area (Å²) in [5, 5.41) is 0. The zero-order chi connectivity index (χ0) is 10.6. The van der Waals surface area contributed by atoms with E-state index in [1.807, 2.05) is 6.92 Å². The Morgan fingerprint density at radius 1 is 1.14 bits per heavy atom. The average Bonchev–Trinajstić information content (AvgIpc) is 2.17. The van der Waals surface area contributed by atoms with Gasteiger partial charge in [0.2, 0.25) is 0 Å². The summed E-state index contributed by atoms with van der Waals surface area (Å²) in [5.74, 6) is -0.332. The van der Waals surface area contributed by atoms with Gasteiger partial charge in [0.15, 0.2) is 0 Å². The normalized spacial score (nSPS) is 10.7. The highest BCUT2D eigenvalue weighted by Gasteiger charge is 1.95. The van der Waals surface area contributed by atoms with Gasteiger partial charge >= 0.3 is 5.97 Å². The summed E-state index contributed by atoms with van der Waals surface area (Å²) in [6, 6.07) is 0. The maximum Gasteiger partial charge on any atom is 0.330 e. The van der Waals surface area contributed by atoms with Crippen LogP contribution < -0.4 is 0 Å². The highest BCUT2D eigenvalue weighted by Crippen LogP contribution is 1.83. The Kier molecular flexibility index (Phi) is 9.58. The second-order valence-electron chi connectivity index (χ2n) is 2.48. The van der Waals surface area contributed by atoms with E-state index in [4.69, 9.17) is 14.2 Å². The maximum atomic E-state index is 10.8. The molecule has 0 aliphatic carbocycles. The van der Waals surface area contributed by atoms with E-state index in [0.717, 1.165) is 0 Å².